The highest BCUT2D eigenvalue weighted by atomic mass is 16.4. The molecule has 0 spiro atoms. The van der Waals surface area contributed by atoms with Crippen molar-refractivity contribution in [3.05, 3.63) is 18.2 Å². The summed E-state index contributed by atoms with van der Waals surface area (Å²) in [7, 11) is 0. The van der Waals surface area contributed by atoms with E-state index in [1.165, 1.54) is 12.5 Å². The Bertz CT molecular complexity index is 614. The molecular formula is C13H17N5O5. The van der Waals surface area contributed by atoms with Crippen molar-refractivity contribution in [2.24, 2.45) is 5.73 Å². The van der Waals surface area contributed by atoms with Gasteiger partial charge in [0.2, 0.25) is 11.8 Å². The maximum atomic E-state index is 12.4. The Labute approximate surface area is 131 Å². The number of rotatable bonds is 6. The summed E-state index contributed by atoms with van der Waals surface area (Å²) in [6, 6.07) is -2.00. The van der Waals surface area contributed by atoms with Crippen molar-refractivity contribution in [2.45, 2.75) is 31.3 Å². The van der Waals surface area contributed by atoms with E-state index in [-0.39, 0.29) is 25.2 Å². The molecule has 2 heterocycles. The molecule has 1 aromatic heterocycles. The Hall–Kier alpha value is -2.75. The largest absolute Gasteiger partial charge is 0.480 e. The fourth-order valence-electron chi connectivity index (χ4n) is 2.31. The lowest BCUT2D eigenvalue weighted by Gasteiger charge is -2.24. The van der Waals surface area contributed by atoms with Crippen LogP contribution in [0.1, 0.15) is 18.5 Å². The maximum absolute atomic E-state index is 12.4. The van der Waals surface area contributed by atoms with Crippen molar-refractivity contribution < 1.29 is 24.3 Å². The van der Waals surface area contributed by atoms with Gasteiger partial charge in [-0.3, -0.25) is 24.1 Å². The molecule has 2 atom stereocenters. The summed E-state index contributed by atoms with van der Waals surface area (Å²) < 4.78 is 0. The summed E-state index contributed by atoms with van der Waals surface area (Å²) >= 11 is 0. The van der Waals surface area contributed by atoms with Gasteiger partial charge in [-0.1, -0.05) is 0 Å². The van der Waals surface area contributed by atoms with Gasteiger partial charge < -0.3 is 21.1 Å². The highest BCUT2D eigenvalue weighted by Gasteiger charge is 2.36. The molecule has 0 aliphatic carbocycles. The third kappa shape index (κ3) is 4.13. The lowest BCUT2D eigenvalue weighted by atomic mass is 10.1. The SMILES string of the molecule is NC(Cc1cnc[nH]1)C(=O)N(CC(=O)O)C(=O)C1CCC(=O)N1. The van der Waals surface area contributed by atoms with Crippen LogP contribution in [0, 0.1) is 0 Å². The quantitative estimate of drug-likeness (QED) is 0.471. The van der Waals surface area contributed by atoms with Crippen molar-refractivity contribution in [3.63, 3.8) is 0 Å². The van der Waals surface area contributed by atoms with Crippen molar-refractivity contribution in [2.75, 3.05) is 6.54 Å². The molecule has 1 aliphatic heterocycles. The van der Waals surface area contributed by atoms with E-state index in [4.69, 9.17) is 10.8 Å². The number of imidazole rings is 1. The van der Waals surface area contributed by atoms with Gasteiger partial charge >= 0.3 is 5.97 Å². The second kappa shape index (κ2) is 7.01. The van der Waals surface area contributed by atoms with Crippen LogP contribution in [0.4, 0.5) is 0 Å². The molecule has 23 heavy (non-hydrogen) atoms. The smallest absolute Gasteiger partial charge is 0.323 e. The normalized spacial score (nSPS) is 18.3. The summed E-state index contributed by atoms with van der Waals surface area (Å²) in [5.41, 5.74) is 6.36. The molecule has 0 aromatic carbocycles. The van der Waals surface area contributed by atoms with Crippen molar-refractivity contribution >= 4 is 23.7 Å². The van der Waals surface area contributed by atoms with E-state index in [0.717, 1.165) is 0 Å². The first-order valence-electron chi connectivity index (χ1n) is 6.97. The highest BCUT2D eigenvalue weighted by Crippen LogP contribution is 2.11. The average molecular weight is 323 g/mol. The fourth-order valence-corrected chi connectivity index (χ4v) is 2.31. The number of nitrogens with zero attached hydrogens (tertiary/aromatic N) is 2. The summed E-state index contributed by atoms with van der Waals surface area (Å²) in [6.07, 6.45) is 3.36. The Morgan fingerprint density at radius 2 is 2.22 bits per heavy atom. The number of H-pyrrole nitrogens is 1. The summed E-state index contributed by atoms with van der Waals surface area (Å²) in [6.45, 7) is -0.805. The number of hydrogen-bond donors (Lipinski definition) is 4. The van der Waals surface area contributed by atoms with Gasteiger partial charge in [-0.25, -0.2) is 4.98 Å². The average Bonchev–Trinajstić information content (AvgIpc) is 3.14. The first-order chi connectivity index (χ1) is 10.9. The molecule has 124 valence electrons. The van der Waals surface area contributed by atoms with Gasteiger partial charge in [0.15, 0.2) is 0 Å². The lowest BCUT2D eigenvalue weighted by molar-refractivity contribution is -0.154. The molecule has 10 heteroatoms. The standard InChI is InChI=1S/C13H17N5O5/c14-8(3-7-4-15-6-16-7)12(22)18(5-11(20)21)13(23)9-1-2-10(19)17-9/h4,6,8-9H,1-3,5,14H2,(H,15,16)(H,17,19)(H,20,21). The van der Waals surface area contributed by atoms with Crippen LogP contribution in [-0.2, 0) is 25.6 Å². The number of carbonyl (C=O) groups is 4. The molecule has 10 nitrogen and oxygen atoms in total. The second-order valence-electron chi connectivity index (χ2n) is 5.20. The fraction of sp³-hybridized carbons (Fsp3) is 0.462. The molecule has 0 saturated carbocycles. The third-order valence-electron chi connectivity index (χ3n) is 3.43. The number of carboxylic acids is 1. The van der Waals surface area contributed by atoms with Gasteiger partial charge in [-0.05, 0) is 6.42 Å². The number of imide groups is 1. The monoisotopic (exact) mass is 323 g/mol. The third-order valence-corrected chi connectivity index (χ3v) is 3.43. The number of nitrogens with one attached hydrogen (secondary N) is 2. The molecule has 1 saturated heterocycles. The lowest BCUT2D eigenvalue weighted by Crippen LogP contribution is -2.54. The number of aliphatic carboxylic acids is 1. The van der Waals surface area contributed by atoms with Crippen LogP contribution in [-0.4, -0.2) is 62.3 Å². The molecule has 0 radical (unpaired) electrons. The highest BCUT2D eigenvalue weighted by molar-refractivity contribution is 6.04. The van der Waals surface area contributed by atoms with Crippen LogP contribution >= 0.6 is 0 Å². The minimum Gasteiger partial charge on any atom is -0.480 e. The van der Waals surface area contributed by atoms with E-state index in [1.807, 2.05) is 0 Å². The number of carbonyl (C=O) groups excluding carboxylic acids is 3. The predicted octanol–water partition coefficient (Wildman–Crippen LogP) is -2.00. The number of aromatic amines is 1. The maximum Gasteiger partial charge on any atom is 0.323 e. The molecule has 2 unspecified atom stereocenters. The number of hydrogen-bond acceptors (Lipinski definition) is 6. The Balaban J connectivity index is 2.09. The zero-order valence-corrected chi connectivity index (χ0v) is 12.2. The number of aromatic nitrogens is 2. The Kier molecular flexibility index (Phi) is 5.06. The predicted molar refractivity (Wildman–Crippen MR) is 75.8 cm³/mol. The van der Waals surface area contributed by atoms with Gasteiger partial charge in [-0.15, -0.1) is 0 Å². The van der Waals surface area contributed by atoms with Crippen LogP contribution in [0.2, 0.25) is 0 Å². The van der Waals surface area contributed by atoms with Crippen LogP contribution in [0.3, 0.4) is 0 Å². The molecule has 1 aromatic rings. The van der Waals surface area contributed by atoms with Crippen molar-refractivity contribution in [1.29, 1.82) is 0 Å². The minimum absolute atomic E-state index is 0.0826. The van der Waals surface area contributed by atoms with E-state index in [1.54, 1.807) is 0 Å². The van der Waals surface area contributed by atoms with E-state index in [9.17, 15) is 19.2 Å². The number of carboxylic acid groups (broad SMARTS) is 1. The zero-order valence-electron chi connectivity index (χ0n) is 12.2. The molecule has 5 N–H and O–H groups in total. The van der Waals surface area contributed by atoms with Gasteiger partial charge in [-0.2, -0.15) is 0 Å². The van der Waals surface area contributed by atoms with E-state index >= 15 is 0 Å². The van der Waals surface area contributed by atoms with Crippen molar-refractivity contribution in [1.82, 2.24) is 20.2 Å². The van der Waals surface area contributed by atoms with Crippen LogP contribution in [0.5, 0.6) is 0 Å². The number of amides is 3. The minimum atomic E-state index is -1.34. The summed E-state index contributed by atoms with van der Waals surface area (Å²) in [5, 5.41) is 11.3. The van der Waals surface area contributed by atoms with Crippen molar-refractivity contribution in [3.8, 4) is 0 Å². The first-order valence-corrected chi connectivity index (χ1v) is 6.97. The summed E-state index contributed by atoms with van der Waals surface area (Å²) in [5.74, 6) is -3.23. The topological polar surface area (TPSA) is 158 Å². The van der Waals surface area contributed by atoms with Gasteiger partial charge in [0.25, 0.3) is 5.91 Å². The van der Waals surface area contributed by atoms with Gasteiger partial charge in [0.05, 0.1) is 12.4 Å². The zero-order chi connectivity index (χ0) is 17.0. The van der Waals surface area contributed by atoms with E-state index in [0.29, 0.717) is 10.6 Å². The Morgan fingerprint density at radius 1 is 1.48 bits per heavy atom. The number of nitrogens with two attached hydrogens (primary N) is 1. The van der Waals surface area contributed by atoms with Crippen LogP contribution in [0.15, 0.2) is 12.5 Å². The van der Waals surface area contributed by atoms with Gasteiger partial charge in [0, 0.05) is 24.7 Å². The molecule has 2 rings (SSSR count). The molecule has 3 amide bonds. The van der Waals surface area contributed by atoms with E-state index < -0.39 is 36.4 Å². The molecule has 1 aliphatic rings. The molecular weight excluding hydrogens is 306 g/mol. The van der Waals surface area contributed by atoms with Crippen LogP contribution < -0.4 is 11.1 Å². The van der Waals surface area contributed by atoms with Gasteiger partial charge in [0.1, 0.15) is 12.6 Å². The Morgan fingerprint density at radius 3 is 2.74 bits per heavy atom. The van der Waals surface area contributed by atoms with E-state index in [2.05, 4.69) is 15.3 Å². The molecule has 1 fully saturated rings. The second-order valence-corrected chi connectivity index (χ2v) is 5.20. The van der Waals surface area contributed by atoms with Crippen LogP contribution in [0.25, 0.3) is 0 Å². The molecule has 0 bridgehead atoms. The summed E-state index contributed by atoms with van der Waals surface area (Å²) in [4.78, 5) is 54.0. The first kappa shape index (κ1) is 16.6.